The van der Waals surface area contributed by atoms with E-state index in [2.05, 4.69) is 39.0 Å². The van der Waals surface area contributed by atoms with E-state index in [9.17, 15) is 8.42 Å². The van der Waals surface area contributed by atoms with Crippen molar-refractivity contribution in [1.29, 1.82) is 0 Å². The molecule has 3 aromatic carbocycles. The maximum absolute atomic E-state index is 13.6. The highest BCUT2D eigenvalue weighted by Crippen LogP contribution is 2.32. The van der Waals surface area contributed by atoms with Gasteiger partial charge in [0.2, 0.25) is 15.2 Å². The molecule has 2 N–H and O–H groups in total. The molecule has 228 valence electrons. The predicted molar refractivity (Wildman–Crippen MR) is 180 cm³/mol. The fraction of sp³-hybridized carbons (Fsp3) is 0.281. The molecule has 0 aliphatic carbocycles. The van der Waals surface area contributed by atoms with Gasteiger partial charge in [-0.1, -0.05) is 36.4 Å². The van der Waals surface area contributed by atoms with Gasteiger partial charge in [0, 0.05) is 80.0 Å². The standard InChI is InChI=1S/C32H35N7O2S3/c1-22-34-30(21-42-22)25-5-4-6-28(20-25)44(40,41)39-17-15-38(16-18-39)32-35-31(36-43-32)29(24-9-11-26(33)12-10-24)19-23-7-13-27(14-8-23)37(2)3/h4-14,20-21,29H,15-19,33H2,1-3H3. The molecule has 44 heavy (non-hydrogen) atoms. The lowest BCUT2D eigenvalue weighted by Crippen LogP contribution is -2.48. The summed E-state index contributed by atoms with van der Waals surface area (Å²) in [4.78, 5) is 14.0. The Bertz CT molecular complexity index is 1830. The van der Waals surface area contributed by atoms with Gasteiger partial charge in [0.15, 0.2) is 5.82 Å². The van der Waals surface area contributed by atoms with Crippen molar-refractivity contribution in [2.75, 3.05) is 55.8 Å². The smallest absolute Gasteiger partial charge is 0.243 e. The van der Waals surface area contributed by atoms with Crippen LogP contribution in [0.1, 0.15) is 27.9 Å². The van der Waals surface area contributed by atoms with Crippen molar-refractivity contribution in [3.05, 3.63) is 100 Å². The van der Waals surface area contributed by atoms with Crippen LogP contribution < -0.4 is 15.5 Å². The topological polar surface area (TPSA) is 109 Å². The zero-order valence-electron chi connectivity index (χ0n) is 24.9. The Morgan fingerprint density at radius 1 is 0.955 bits per heavy atom. The van der Waals surface area contributed by atoms with Crippen LogP contribution in [0, 0.1) is 6.92 Å². The van der Waals surface area contributed by atoms with Crippen LogP contribution in [-0.2, 0) is 16.4 Å². The van der Waals surface area contributed by atoms with Crippen LogP contribution in [-0.4, -0.2) is 67.3 Å². The number of nitrogen functional groups attached to an aromatic ring is 1. The summed E-state index contributed by atoms with van der Waals surface area (Å²) >= 11 is 2.92. The van der Waals surface area contributed by atoms with Crippen molar-refractivity contribution < 1.29 is 8.42 Å². The van der Waals surface area contributed by atoms with E-state index in [-0.39, 0.29) is 10.8 Å². The highest BCUT2D eigenvalue weighted by molar-refractivity contribution is 7.89. The molecule has 1 saturated heterocycles. The first-order chi connectivity index (χ1) is 21.2. The molecule has 0 bridgehead atoms. The molecular formula is C32H35N7O2S3. The Balaban J connectivity index is 1.17. The Hall–Kier alpha value is -3.84. The highest BCUT2D eigenvalue weighted by atomic mass is 32.2. The average molecular weight is 646 g/mol. The van der Waals surface area contributed by atoms with Gasteiger partial charge < -0.3 is 15.5 Å². The minimum atomic E-state index is -3.65. The number of anilines is 3. The van der Waals surface area contributed by atoms with E-state index in [0.717, 1.165) is 44.9 Å². The quantitative estimate of drug-likeness (QED) is 0.209. The first-order valence-corrected chi connectivity index (χ1v) is 17.5. The van der Waals surface area contributed by atoms with Crippen molar-refractivity contribution in [1.82, 2.24) is 18.6 Å². The third kappa shape index (κ3) is 6.48. The Labute approximate surface area is 266 Å². The van der Waals surface area contributed by atoms with Crippen molar-refractivity contribution in [2.45, 2.75) is 24.2 Å². The molecule has 0 saturated carbocycles. The molecule has 0 spiro atoms. The Morgan fingerprint density at radius 2 is 1.68 bits per heavy atom. The van der Waals surface area contributed by atoms with Crippen LogP contribution in [0.4, 0.5) is 16.5 Å². The molecule has 0 amide bonds. The van der Waals surface area contributed by atoms with E-state index in [1.165, 1.54) is 17.1 Å². The van der Waals surface area contributed by atoms with Crippen LogP contribution in [0.2, 0.25) is 0 Å². The number of aromatic nitrogens is 3. The average Bonchev–Trinajstić information content (AvgIpc) is 3.70. The van der Waals surface area contributed by atoms with Crippen molar-refractivity contribution >= 4 is 49.4 Å². The third-order valence-corrected chi connectivity index (χ3v) is 11.3. The second-order valence-corrected chi connectivity index (χ2v) is 14.8. The molecule has 0 radical (unpaired) electrons. The third-order valence-electron chi connectivity index (χ3n) is 7.87. The number of aryl methyl sites for hydroxylation is 1. The molecule has 2 aromatic heterocycles. The monoisotopic (exact) mass is 645 g/mol. The summed E-state index contributed by atoms with van der Waals surface area (Å²) in [7, 11) is 0.418. The molecule has 1 aliphatic rings. The number of thiazole rings is 1. The maximum Gasteiger partial charge on any atom is 0.243 e. The number of nitrogens with two attached hydrogens (primary N) is 1. The molecular weight excluding hydrogens is 611 g/mol. The van der Waals surface area contributed by atoms with Gasteiger partial charge in [-0.3, -0.25) is 0 Å². The number of benzene rings is 3. The fourth-order valence-electron chi connectivity index (χ4n) is 5.33. The van der Waals surface area contributed by atoms with E-state index >= 15 is 0 Å². The zero-order valence-corrected chi connectivity index (χ0v) is 27.4. The van der Waals surface area contributed by atoms with Gasteiger partial charge in [-0.25, -0.2) is 18.4 Å². The van der Waals surface area contributed by atoms with Crippen LogP contribution in [0.15, 0.2) is 83.1 Å². The lowest BCUT2D eigenvalue weighted by molar-refractivity contribution is 0.384. The van der Waals surface area contributed by atoms with E-state index in [1.54, 1.807) is 33.8 Å². The van der Waals surface area contributed by atoms with Gasteiger partial charge in [-0.15, -0.1) is 11.3 Å². The lowest BCUT2D eigenvalue weighted by Gasteiger charge is -2.33. The minimum Gasteiger partial charge on any atom is -0.399 e. The lowest BCUT2D eigenvalue weighted by atomic mass is 9.91. The predicted octanol–water partition coefficient (Wildman–Crippen LogP) is 5.50. The molecule has 1 atom stereocenters. The summed E-state index contributed by atoms with van der Waals surface area (Å²) in [5.74, 6) is 0.719. The molecule has 6 rings (SSSR count). The number of nitrogens with zero attached hydrogens (tertiary/aromatic N) is 6. The van der Waals surface area contributed by atoms with Gasteiger partial charge in [0.05, 0.1) is 15.6 Å². The molecule has 1 fully saturated rings. The number of rotatable bonds is 9. The molecule has 9 nitrogen and oxygen atoms in total. The largest absolute Gasteiger partial charge is 0.399 e. The second-order valence-electron chi connectivity index (χ2n) is 11.1. The van der Waals surface area contributed by atoms with Gasteiger partial charge >= 0.3 is 0 Å². The Kier molecular flexibility index (Phi) is 8.68. The molecule has 1 aliphatic heterocycles. The normalized spacial score (nSPS) is 14.9. The van der Waals surface area contributed by atoms with Crippen LogP contribution >= 0.6 is 22.9 Å². The number of hydrogen-bond donors (Lipinski definition) is 1. The number of sulfonamides is 1. The zero-order chi connectivity index (χ0) is 30.8. The fourth-order valence-corrected chi connectivity index (χ4v) is 8.20. The first kappa shape index (κ1) is 30.2. The SMILES string of the molecule is Cc1nc(-c2cccc(S(=O)(=O)N3CCN(c4nc(C(Cc5ccc(N(C)C)cc5)c5ccc(N)cc5)ns4)CC3)c2)cs1. The minimum absolute atomic E-state index is 0.0405. The summed E-state index contributed by atoms with van der Waals surface area (Å²) in [5, 5.41) is 3.71. The first-order valence-electron chi connectivity index (χ1n) is 14.4. The van der Waals surface area contributed by atoms with E-state index in [0.29, 0.717) is 31.9 Å². The summed E-state index contributed by atoms with van der Waals surface area (Å²) in [6.45, 7) is 3.76. The summed E-state index contributed by atoms with van der Waals surface area (Å²) in [6, 6.07) is 23.5. The summed E-state index contributed by atoms with van der Waals surface area (Å²) < 4.78 is 33.5. The van der Waals surface area contributed by atoms with Crippen LogP contribution in [0.25, 0.3) is 11.3 Å². The van der Waals surface area contributed by atoms with Crippen molar-refractivity contribution in [3.8, 4) is 11.3 Å². The van der Waals surface area contributed by atoms with E-state index in [1.807, 2.05) is 56.7 Å². The van der Waals surface area contributed by atoms with E-state index in [4.69, 9.17) is 15.1 Å². The highest BCUT2D eigenvalue weighted by Gasteiger charge is 2.30. The molecule has 3 heterocycles. The summed E-state index contributed by atoms with van der Waals surface area (Å²) in [5.41, 5.74) is 11.8. The molecule has 1 unspecified atom stereocenters. The van der Waals surface area contributed by atoms with Gasteiger partial charge in [-0.2, -0.15) is 8.68 Å². The number of piperazine rings is 1. The maximum atomic E-state index is 13.6. The van der Waals surface area contributed by atoms with E-state index < -0.39 is 10.0 Å². The van der Waals surface area contributed by atoms with Gasteiger partial charge in [0.25, 0.3) is 0 Å². The van der Waals surface area contributed by atoms with Crippen molar-refractivity contribution in [2.24, 2.45) is 0 Å². The van der Waals surface area contributed by atoms with Gasteiger partial charge in [0.1, 0.15) is 0 Å². The molecule has 5 aromatic rings. The number of hydrogen-bond acceptors (Lipinski definition) is 10. The van der Waals surface area contributed by atoms with Crippen LogP contribution in [0.3, 0.4) is 0 Å². The summed E-state index contributed by atoms with van der Waals surface area (Å²) in [6.07, 6.45) is 0.749. The second kappa shape index (κ2) is 12.6. The van der Waals surface area contributed by atoms with Gasteiger partial charge in [-0.05, 0) is 60.9 Å². The van der Waals surface area contributed by atoms with Crippen LogP contribution in [0.5, 0.6) is 0 Å². The van der Waals surface area contributed by atoms with Crippen molar-refractivity contribution in [3.63, 3.8) is 0 Å². The molecule has 12 heteroatoms. The Morgan fingerprint density at radius 3 is 2.34 bits per heavy atom.